The van der Waals surface area contributed by atoms with Crippen LogP contribution < -0.4 is 0 Å². The van der Waals surface area contributed by atoms with Crippen LogP contribution in [0.25, 0.3) is 0 Å². The minimum absolute atomic E-state index is 0.0779. The SMILES string of the molecule is CC(C)CN1CCOC(COC(=O)c2ncoc2C(C)C)C1. The van der Waals surface area contributed by atoms with E-state index in [0.29, 0.717) is 18.3 Å². The van der Waals surface area contributed by atoms with Crippen LogP contribution in [0.2, 0.25) is 0 Å². The Labute approximate surface area is 131 Å². The van der Waals surface area contributed by atoms with Gasteiger partial charge in [-0.25, -0.2) is 9.78 Å². The van der Waals surface area contributed by atoms with Crippen molar-refractivity contribution < 1.29 is 18.7 Å². The predicted octanol–water partition coefficient (Wildman–Crippen LogP) is 2.31. The van der Waals surface area contributed by atoms with Crippen molar-refractivity contribution in [2.24, 2.45) is 5.92 Å². The van der Waals surface area contributed by atoms with Crippen molar-refractivity contribution in [3.8, 4) is 0 Å². The maximum Gasteiger partial charge on any atom is 0.360 e. The summed E-state index contributed by atoms with van der Waals surface area (Å²) in [6.45, 7) is 12.0. The molecule has 0 bridgehead atoms. The number of esters is 1. The molecule has 6 heteroatoms. The zero-order valence-electron chi connectivity index (χ0n) is 13.9. The molecule has 1 aromatic heterocycles. The Balaban J connectivity index is 1.84. The Morgan fingerprint density at radius 1 is 1.45 bits per heavy atom. The van der Waals surface area contributed by atoms with Gasteiger partial charge in [0.1, 0.15) is 18.5 Å². The second-order valence-electron chi connectivity index (χ2n) is 6.46. The molecule has 1 fully saturated rings. The molecule has 2 rings (SSSR count). The van der Waals surface area contributed by atoms with Crippen LogP contribution in [0.15, 0.2) is 10.8 Å². The van der Waals surface area contributed by atoms with Crippen molar-refractivity contribution in [1.82, 2.24) is 9.88 Å². The summed E-state index contributed by atoms with van der Waals surface area (Å²) in [4.78, 5) is 18.4. The second-order valence-corrected chi connectivity index (χ2v) is 6.46. The van der Waals surface area contributed by atoms with Crippen molar-refractivity contribution in [3.05, 3.63) is 17.8 Å². The van der Waals surface area contributed by atoms with Crippen molar-refractivity contribution >= 4 is 5.97 Å². The van der Waals surface area contributed by atoms with Crippen LogP contribution in [0, 0.1) is 5.92 Å². The summed E-state index contributed by atoms with van der Waals surface area (Å²) in [5.74, 6) is 0.834. The molecule has 0 amide bonds. The van der Waals surface area contributed by atoms with Gasteiger partial charge in [-0.1, -0.05) is 27.7 Å². The van der Waals surface area contributed by atoms with Crippen molar-refractivity contribution in [2.45, 2.75) is 39.7 Å². The van der Waals surface area contributed by atoms with Gasteiger partial charge in [-0.15, -0.1) is 0 Å². The fraction of sp³-hybridized carbons (Fsp3) is 0.750. The smallest absolute Gasteiger partial charge is 0.360 e. The summed E-state index contributed by atoms with van der Waals surface area (Å²) in [7, 11) is 0. The van der Waals surface area contributed by atoms with E-state index in [1.165, 1.54) is 6.39 Å². The van der Waals surface area contributed by atoms with Crippen molar-refractivity contribution in [1.29, 1.82) is 0 Å². The molecule has 0 aromatic carbocycles. The van der Waals surface area contributed by atoms with E-state index in [2.05, 4.69) is 23.7 Å². The van der Waals surface area contributed by atoms with Gasteiger partial charge in [-0.05, 0) is 5.92 Å². The van der Waals surface area contributed by atoms with Crippen LogP contribution in [0.4, 0.5) is 0 Å². The molecule has 1 aliphatic heterocycles. The topological polar surface area (TPSA) is 64.8 Å². The number of carbonyl (C=O) groups is 1. The third kappa shape index (κ3) is 4.55. The first-order valence-electron chi connectivity index (χ1n) is 7.91. The minimum Gasteiger partial charge on any atom is -0.458 e. The third-order valence-electron chi connectivity index (χ3n) is 3.56. The normalized spacial score (nSPS) is 19.8. The van der Waals surface area contributed by atoms with E-state index in [9.17, 15) is 4.79 Å². The Kier molecular flexibility index (Phi) is 5.97. The summed E-state index contributed by atoms with van der Waals surface area (Å²) in [6, 6.07) is 0. The van der Waals surface area contributed by atoms with Gasteiger partial charge < -0.3 is 13.9 Å². The molecule has 2 heterocycles. The van der Waals surface area contributed by atoms with Crippen LogP contribution in [-0.2, 0) is 9.47 Å². The monoisotopic (exact) mass is 310 g/mol. The Morgan fingerprint density at radius 2 is 2.23 bits per heavy atom. The fourth-order valence-corrected chi connectivity index (χ4v) is 2.62. The molecule has 0 spiro atoms. The van der Waals surface area contributed by atoms with Gasteiger partial charge in [-0.2, -0.15) is 0 Å². The van der Waals surface area contributed by atoms with Gasteiger partial charge in [0.15, 0.2) is 12.1 Å². The standard InChI is InChI=1S/C16H26N2O4/c1-11(2)7-18-5-6-20-13(8-18)9-21-16(19)14-15(12(3)4)22-10-17-14/h10-13H,5-9H2,1-4H3. The van der Waals surface area contributed by atoms with Gasteiger partial charge in [0.2, 0.25) is 0 Å². The molecule has 124 valence electrons. The molecule has 1 unspecified atom stereocenters. The second kappa shape index (κ2) is 7.74. The number of hydrogen-bond donors (Lipinski definition) is 0. The summed E-state index contributed by atoms with van der Waals surface area (Å²) < 4.78 is 16.3. The number of morpholine rings is 1. The maximum atomic E-state index is 12.1. The zero-order chi connectivity index (χ0) is 16.1. The van der Waals surface area contributed by atoms with Crippen LogP contribution in [0.5, 0.6) is 0 Å². The van der Waals surface area contributed by atoms with Crippen LogP contribution in [0.1, 0.15) is 49.9 Å². The summed E-state index contributed by atoms with van der Waals surface area (Å²) >= 11 is 0. The molecule has 6 nitrogen and oxygen atoms in total. The van der Waals surface area contributed by atoms with E-state index < -0.39 is 5.97 Å². The summed E-state index contributed by atoms with van der Waals surface area (Å²) in [6.07, 6.45) is 1.21. The lowest BCUT2D eigenvalue weighted by Gasteiger charge is -2.33. The van der Waals surface area contributed by atoms with Crippen LogP contribution in [-0.4, -0.2) is 54.8 Å². The highest BCUT2D eigenvalue weighted by Crippen LogP contribution is 2.19. The highest BCUT2D eigenvalue weighted by atomic mass is 16.6. The molecule has 1 saturated heterocycles. The lowest BCUT2D eigenvalue weighted by atomic mass is 10.1. The molecule has 0 saturated carbocycles. The number of carbonyl (C=O) groups excluding carboxylic acids is 1. The largest absolute Gasteiger partial charge is 0.458 e. The van der Waals surface area contributed by atoms with E-state index in [1.54, 1.807) is 0 Å². The Morgan fingerprint density at radius 3 is 2.91 bits per heavy atom. The molecular formula is C16H26N2O4. The van der Waals surface area contributed by atoms with E-state index in [1.807, 2.05) is 13.8 Å². The van der Waals surface area contributed by atoms with Gasteiger partial charge in [0.05, 0.1) is 6.61 Å². The number of rotatable bonds is 6. The number of aromatic nitrogens is 1. The fourth-order valence-electron chi connectivity index (χ4n) is 2.62. The third-order valence-corrected chi connectivity index (χ3v) is 3.56. The van der Waals surface area contributed by atoms with Gasteiger partial charge >= 0.3 is 5.97 Å². The van der Waals surface area contributed by atoms with Crippen molar-refractivity contribution in [3.63, 3.8) is 0 Å². The van der Waals surface area contributed by atoms with E-state index in [0.717, 1.165) is 19.6 Å². The summed E-state index contributed by atoms with van der Waals surface area (Å²) in [5.41, 5.74) is 0.268. The molecule has 1 aliphatic rings. The minimum atomic E-state index is -0.443. The maximum absolute atomic E-state index is 12.1. The first-order valence-corrected chi connectivity index (χ1v) is 7.91. The Bertz CT molecular complexity index is 484. The van der Waals surface area contributed by atoms with Gasteiger partial charge in [0.25, 0.3) is 0 Å². The van der Waals surface area contributed by atoms with E-state index in [-0.39, 0.29) is 24.3 Å². The number of hydrogen-bond acceptors (Lipinski definition) is 6. The summed E-state index contributed by atoms with van der Waals surface area (Å²) in [5, 5.41) is 0. The van der Waals surface area contributed by atoms with Crippen LogP contribution >= 0.6 is 0 Å². The molecular weight excluding hydrogens is 284 g/mol. The van der Waals surface area contributed by atoms with Crippen LogP contribution in [0.3, 0.4) is 0 Å². The first-order chi connectivity index (χ1) is 10.5. The molecule has 0 radical (unpaired) electrons. The molecule has 22 heavy (non-hydrogen) atoms. The number of nitrogens with zero attached hydrogens (tertiary/aromatic N) is 2. The highest BCUT2D eigenvalue weighted by molar-refractivity contribution is 5.88. The van der Waals surface area contributed by atoms with E-state index >= 15 is 0 Å². The Hall–Kier alpha value is -1.40. The van der Waals surface area contributed by atoms with Gasteiger partial charge in [0, 0.05) is 25.6 Å². The molecule has 0 aliphatic carbocycles. The average Bonchev–Trinajstić information content (AvgIpc) is 2.94. The first kappa shape index (κ1) is 17.0. The lowest BCUT2D eigenvalue weighted by Crippen LogP contribution is -2.45. The van der Waals surface area contributed by atoms with Gasteiger partial charge in [-0.3, -0.25) is 4.90 Å². The highest BCUT2D eigenvalue weighted by Gasteiger charge is 2.25. The lowest BCUT2D eigenvalue weighted by molar-refractivity contribution is -0.0614. The average molecular weight is 310 g/mol. The quantitative estimate of drug-likeness (QED) is 0.751. The number of oxazole rings is 1. The predicted molar refractivity (Wildman–Crippen MR) is 81.9 cm³/mol. The zero-order valence-corrected chi connectivity index (χ0v) is 13.9. The molecule has 1 atom stereocenters. The van der Waals surface area contributed by atoms with Crippen molar-refractivity contribution in [2.75, 3.05) is 32.8 Å². The van der Waals surface area contributed by atoms with E-state index in [4.69, 9.17) is 13.9 Å². The number of ether oxygens (including phenoxy) is 2. The molecule has 0 N–H and O–H groups in total. The molecule has 1 aromatic rings.